The van der Waals surface area contributed by atoms with Crippen molar-refractivity contribution in [1.82, 2.24) is 4.98 Å². The summed E-state index contributed by atoms with van der Waals surface area (Å²) in [5.74, 6) is -0.113. The van der Waals surface area contributed by atoms with Gasteiger partial charge in [-0.15, -0.1) is 0 Å². The summed E-state index contributed by atoms with van der Waals surface area (Å²) in [6.07, 6.45) is 2.01. The zero-order valence-corrected chi connectivity index (χ0v) is 6.50. The van der Waals surface area contributed by atoms with Crippen molar-refractivity contribution >= 4 is 22.2 Å². The van der Waals surface area contributed by atoms with Crippen LogP contribution in [0.3, 0.4) is 0 Å². The predicted molar refractivity (Wildman–Crippen MR) is 39.0 cm³/mol. The molecular weight excluding hydrogens is 198 g/mol. The van der Waals surface area contributed by atoms with Crippen LogP contribution in [0.1, 0.15) is 10.4 Å². The van der Waals surface area contributed by atoms with E-state index in [1.165, 1.54) is 12.3 Å². The molecule has 1 heterocycles. The normalized spacial score (nSPS) is 9.30. The lowest BCUT2D eigenvalue weighted by Gasteiger charge is -1.95. The smallest absolute Gasteiger partial charge is 0.158 e. The Balaban J connectivity index is 3.27. The number of nitrogens with zero attached hydrogens (tertiary/aromatic N) is 1. The van der Waals surface area contributed by atoms with Gasteiger partial charge in [0.1, 0.15) is 4.60 Å². The lowest BCUT2D eigenvalue weighted by Crippen LogP contribution is -1.83. The van der Waals surface area contributed by atoms with Gasteiger partial charge < -0.3 is 5.11 Å². The van der Waals surface area contributed by atoms with Crippen LogP contribution in [-0.4, -0.2) is 16.4 Å². The first kappa shape index (κ1) is 7.21. The standard InChI is InChI=1S/C6H4BrNO2/c7-6-5(10)4(3-9)1-2-8-6/h1-3,10H. The minimum absolute atomic E-state index is 0.113. The SMILES string of the molecule is O=Cc1ccnc(Br)c1O. The molecule has 0 amide bonds. The Morgan fingerprint density at radius 1 is 1.70 bits per heavy atom. The molecule has 0 saturated carbocycles. The lowest BCUT2D eigenvalue weighted by molar-refractivity contribution is 0.112. The highest BCUT2D eigenvalue weighted by Crippen LogP contribution is 2.22. The third-order valence-electron chi connectivity index (χ3n) is 1.04. The molecule has 0 spiro atoms. The van der Waals surface area contributed by atoms with Gasteiger partial charge in [-0.05, 0) is 22.0 Å². The fourth-order valence-electron chi connectivity index (χ4n) is 0.537. The van der Waals surface area contributed by atoms with Crippen molar-refractivity contribution < 1.29 is 9.90 Å². The Morgan fingerprint density at radius 3 is 2.90 bits per heavy atom. The van der Waals surface area contributed by atoms with Gasteiger partial charge in [0, 0.05) is 6.20 Å². The molecule has 10 heavy (non-hydrogen) atoms. The highest BCUT2D eigenvalue weighted by Gasteiger charge is 2.02. The van der Waals surface area contributed by atoms with Crippen LogP contribution in [0.15, 0.2) is 16.9 Å². The molecule has 52 valence electrons. The summed E-state index contributed by atoms with van der Waals surface area (Å²) >= 11 is 2.97. The number of carbonyl (C=O) groups is 1. The average molecular weight is 202 g/mol. The molecule has 0 aliphatic rings. The van der Waals surface area contributed by atoms with E-state index < -0.39 is 0 Å². The zero-order chi connectivity index (χ0) is 7.56. The van der Waals surface area contributed by atoms with Gasteiger partial charge in [-0.3, -0.25) is 4.79 Å². The van der Waals surface area contributed by atoms with Crippen LogP contribution < -0.4 is 0 Å². The highest BCUT2D eigenvalue weighted by atomic mass is 79.9. The van der Waals surface area contributed by atoms with E-state index in [9.17, 15) is 4.79 Å². The Kier molecular flexibility index (Phi) is 2.01. The molecule has 3 nitrogen and oxygen atoms in total. The molecule has 0 aliphatic carbocycles. The maximum absolute atomic E-state index is 10.2. The van der Waals surface area contributed by atoms with Crippen molar-refractivity contribution in [3.05, 3.63) is 22.4 Å². The van der Waals surface area contributed by atoms with E-state index in [1.54, 1.807) is 0 Å². The fourth-order valence-corrected chi connectivity index (χ4v) is 0.884. The number of aromatic hydroxyl groups is 1. The van der Waals surface area contributed by atoms with Gasteiger partial charge in [-0.25, -0.2) is 4.98 Å². The first-order valence-corrected chi connectivity index (χ1v) is 3.33. The highest BCUT2D eigenvalue weighted by molar-refractivity contribution is 9.10. The molecule has 0 bridgehead atoms. The first-order chi connectivity index (χ1) is 4.75. The minimum atomic E-state index is -0.113. The molecule has 1 N–H and O–H groups in total. The number of rotatable bonds is 1. The van der Waals surface area contributed by atoms with Crippen molar-refractivity contribution in [1.29, 1.82) is 0 Å². The molecule has 0 fully saturated rings. The molecule has 0 atom stereocenters. The molecule has 0 aromatic carbocycles. The fraction of sp³-hybridized carbons (Fsp3) is 0. The van der Waals surface area contributed by atoms with E-state index in [4.69, 9.17) is 5.11 Å². The van der Waals surface area contributed by atoms with Gasteiger partial charge in [-0.1, -0.05) is 0 Å². The van der Waals surface area contributed by atoms with Gasteiger partial charge >= 0.3 is 0 Å². The average Bonchev–Trinajstić information content (AvgIpc) is 1.95. The van der Waals surface area contributed by atoms with E-state index in [0.717, 1.165) is 0 Å². The van der Waals surface area contributed by atoms with Crippen LogP contribution in [0.2, 0.25) is 0 Å². The third-order valence-corrected chi connectivity index (χ3v) is 1.62. The number of aldehydes is 1. The Hall–Kier alpha value is -0.900. The lowest BCUT2D eigenvalue weighted by atomic mass is 10.3. The largest absolute Gasteiger partial charge is 0.504 e. The Morgan fingerprint density at radius 2 is 2.40 bits per heavy atom. The molecule has 0 unspecified atom stereocenters. The summed E-state index contributed by atoms with van der Waals surface area (Å²) in [4.78, 5) is 13.9. The van der Waals surface area contributed by atoms with E-state index >= 15 is 0 Å². The first-order valence-electron chi connectivity index (χ1n) is 2.54. The minimum Gasteiger partial charge on any atom is -0.504 e. The summed E-state index contributed by atoms with van der Waals surface area (Å²) in [6, 6.07) is 1.44. The Bertz CT molecular complexity index is 262. The number of hydrogen-bond donors (Lipinski definition) is 1. The molecule has 1 aromatic rings. The van der Waals surface area contributed by atoms with E-state index in [0.29, 0.717) is 6.29 Å². The van der Waals surface area contributed by atoms with E-state index in [1.807, 2.05) is 0 Å². The van der Waals surface area contributed by atoms with Gasteiger partial charge in [0.15, 0.2) is 12.0 Å². The van der Waals surface area contributed by atoms with Crippen LogP contribution >= 0.6 is 15.9 Å². The van der Waals surface area contributed by atoms with Gasteiger partial charge in [0.05, 0.1) is 5.56 Å². The number of aromatic nitrogens is 1. The van der Waals surface area contributed by atoms with E-state index in [2.05, 4.69) is 20.9 Å². The molecule has 4 heteroatoms. The van der Waals surface area contributed by atoms with Crippen molar-refractivity contribution in [3.63, 3.8) is 0 Å². The van der Waals surface area contributed by atoms with Gasteiger partial charge in [0.25, 0.3) is 0 Å². The van der Waals surface area contributed by atoms with Crippen molar-refractivity contribution in [2.24, 2.45) is 0 Å². The quantitative estimate of drug-likeness (QED) is 0.552. The van der Waals surface area contributed by atoms with E-state index in [-0.39, 0.29) is 15.9 Å². The van der Waals surface area contributed by atoms with Crippen LogP contribution in [0.25, 0.3) is 0 Å². The Labute approximate surface area is 65.8 Å². The second-order valence-corrected chi connectivity index (χ2v) is 2.41. The number of halogens is 1. The maximum atomic E-state index is 10.2. The molecule has 0 saturated heterocycles. The van der Waals surface area contributed by atoms with Crippen LogP contribution in [0.4, 0.5) is 0 Å². The van der Waals surface area contributed by atoms with Crippen LogP contribution in [-0.2, 0) is 0 Å². The zero-order valence-electron chi connectivity index (χ0n) is 4.91. The summed E-state index contributed by atoms with van der Waals surface area (Å²) in [5.41, 5.74) is 0.238. The van der Waals surface area contributed by atoms with Gasteiger partial charge in [-0.2, -0.15) is 0 Å². The molecule has 1 rings (SSSR count). The van der Waals surface area contributed by atoms with Crippen molar-refractivity contribution in [3.8, 4) is 5.75 Å². The molecule has 0 aliphatic heterocycles. The van der Waals surface area contributed by atoms with Crippen LogP contribution in [0.5, 0.6) is 5.75 Å². The van der Waals surface area contributed by atoms with Gasteiger partial charge in [0.2, 0.25) is 0 Å². The number of hydrogen-bond acceptors (Lipinski definition) is 3. The third kappa shape index (κ3) is 1.16. The molecule has 0 radical (unpaired) electrons. The van der Waals surface area contributed by atoms with Crippen LogP contribution in [0, 0.1) is 0 Å². The second kappa shape index (κ2) is 2.79. The maximum Gasteiger partial charge on any atom is 0.158 e. The van der Waals surface area contributed by atoms with Crippen molar-refractivity contribution in [2.45, 2.75) is 0 Å². The number of carbonyl (C=O) groups excluding carboxylic acids is 1. The monoisotopic (exact) mass is 201 g/mol. The predicted octanol–water partition coefficient (Wildman–Crippen LogP) is 1.36. The van der Waals surface area contributed by atoms with Crippen molar-refractivity contribution in [2.75, 3.05) is 0 Å². The summed E-state index contributed by atoms with van der Waals surface area (Å²) in [6.45, 7) is 0. The summed E-state index contributed by atoms with van der Waals surface area (Å²) in [7, 11) is 0. The second-order valence-electron chi connectivity index (χ2n) is 1.66. The summed E-state index contributed by atoms with van der Waals surface area (Å²) < 4.78 is 0.289. The molecular formula is C6H4BrNO2. The summed E-state index contributed by atoms with van der Waals surface area (Å²) in [5, 5.41) is 9.06. The molecule has 1 aromatic heterocycles. The number of pyridine rings is 1. The topological polar surface area (TPSA) is 50.2 Å².